The summed E-state index contributed by atoms with van der Waals surface area (Å²) in [7, 11) is 0. The topological polar surface area (TPSA) is 59.4 Å². The highest BCUT2D eigenvalue weighted by molar-refractivity contribution is 7.17. The van der Waals surface area contributed by atoms with Crippen LogP contribution in [0.5, 0.6) is 5.75 Å². The maximum atomic E-state index is 5.97. The molecule has 1 aliphatic rings. The zero-order valence-corrected chi connectivity index (χ0v) is 16.6. The molecular weight excluding hydrogens is 380 g/mol. The summed E-state index contributed by atoms with van der Waals surface area (Å²) in [5.41, 5.74) is 7.39. The van der Waals surface area contributed by atoms with Crippen LogP contribution in [0.2, 0.25) is 0 Å². The Hall–Kier alpha value is -3.51. The van der Waals surface area contributed by atoms with Crippen LogP contribution in [0.15, 0.2) is 77.0 Å². The molecule has 0 spiro atoms. The number of hydrogen-bond donors (Lipinski definition) is 1. The van der Waals surface area contributed by atoms with Gasteiger partial charge in [-0.25, -0.2) is 9.97 Å². The second-order valence-corrected chi connectivity index (χ2v) is 7.59. The van der Waals surface area contributed by atoms with E-state index in [1.165, 1.54) is 0 Å². The molecule has 0 saturated carbocycles. The van der Waals surface area contributed by atoms with E-state index >= 15 is 0 Å². The molecule has 29 heavy (non-hydrogen) atoms. The summed E-state index contributed by atoms with van der Waals surface area (Å²) >= 11 is 1.60. The van der Waals surface area contributed by atoms with Crippen LogP contribution < -0.4 is 10.2 Å². The minimum atomic E-state index is -0.0677. The monoisotopic (exact) mass is 398 g/mol. The molecule has 5 nitrogen and oxygen atoms in total. The Labute approximate surface area is 172 Å². The van der Waals surface area contributed by atoms with Gasteiger partial charge in [0.2, 0.25) is 0 Å². The van der Waals surface area contributed by atoms with Crippen molar-refractivity contribution in [3.63, 3.8) is 0 Å². The van der Waals surface area contributed by atoms with Crippen molar-refractivity contribution in [1.29, 1.82) is 0 Å². The van der Waals surface area contributed by atoms with Gasteiger partial charge in [0.05, 0.1) is 11.6 Å². The number of para-hydroxylation sites is 1. The molecular formula is C23H18N4OS. The SMILES string of the molecule is C[C@@H]1Oc2ccccc2C=C1C=NNc1ncnc2scc(-c3ccccc3)c12. The minimum Gasteiger partial charge on any atom is -0.485 e. The molecule has 0 aliphatic carbocycles. The summed E-state index contributed by atoms with van der Waals surface area (Å²) in [4.78, 5) is 9.76. The van der Waals surface area contributed by atoms with Crippen molar-refractivity contribution in [2.45, 2.75) is 13.0 Å². The molecule has 0 amide bonds. The van der Waals surface area contributed by atoms with Crippen LogP contribution in [0.25, 0.3) is 27.4 Å². The molecule has 5 rings (SSSR count). The van der Waals surface area contributed by atoms with Gasteiger partial charge in [0.25, 0.3) is 0 Å². The smallest absolute Gasteiger partial charge is 0.159 e. The van der Waals surface area contributed by atoms with Crippen molar-refractivity contribution < 1.29 is 4.74 Å². The van der Waals surface area contributed by atoms with E-state index in [0.29, 0.717) is 5.82 Å². The molecule has 3 heterocycles. The zero-order valence-electron chi connectivity index (χ0n) is 15.7. The van der Waals surface area contributed by atoms with Gasteiger partial charge in [-0.15, -0.1) is 11.3 Å². The first-order valence-electron chi connectivity index (χ1n) is 9.33. The van der Waals surface area contributed by atoms with Gasteiger partial charge in [-0.05, 0) is 24.6 Å². The molecule has 0 radical (unpaired) electrons. The maximum Gasteiger partial charge on any atom is 0.159 e. The molecule has 0 fully saturated rings. The van der Waals surface area contributed by atoms with Crippen LogP contribution in [0.4, 0.5) is 5.82 Å². The molecule has 1 atom stereocenters. The Morgan fingerprint density at radius 1 is 1.07 bits per heavy atom. The molecule has 142 valence electrons. The van der Waals surface area contributed by atoms with Crippen molar-refractivity contribution in [1.82, 2.24) is 9.97 Å². The van der Waals surface area contributed by atoms with Gasteiger partial charge in [-0.1, -0.05) is 48.5 Å². The van der Waals surface area contributed by atoms with Crippen LogP contribution in [0.1, 0.15) is 12.5 Å². The highest BCUT2D eigenvalue weighted by atomic mass is 32.1. The number of hydrazone groups is 1. The summed E-state index contributed by atoms with van der Waals surface area (Å²) in [5, 5.41) is 7.54. The van der Waals surface area contributed by atoms with Crippen molar-refractivity contribution in [2.24, 2.45) is 5.10 Å². The van der Waals surface area contributed by atoms with Gasteiger partial charge < -0.3 is 4.74 Å². The van der Waals surface area contributed by atoms with Crippen LogP contribution in [0.3, 0.4) is 0 Å². The van der Waals surface area contributed by atoms with Gasteiger partial charge in [-0.2, -0.15) is 5.10 Å². The zero-order chi connectivity index (χ0) is 19.6. The molecule has 1 aliphatic heterocycles. The number of hydrogen-bond acceptors (Lipinski definition) is 6. The molecule has 0 saturated heterocycles. The highest BCUT2D eigenvalue weighted by Crippen LogP contribution is 2.36. The number of ether oxygens (including phenoxy) is 1. The molecule has 2 aromatic heterocycles. The molecule has 2 aromatic carbocycles. The first kappa shape index (κ1) is 17.6. The molecule has 0 bridgehead atoms. The number of fused-ring (bicyclic) bond motifs is 2. The van der Waals surface area contributed by atoms with E-state index in [1.807, 2.05) is 49.4 Å². The number of rotatable bonds is 4. The van der Waals surface area contributed by atoms with Crippen molar-refractivity contribution in [2.75, 3.05) is 5.43 Å². The summed E-state index contributed by atoms with van der Waals surface area (Å²) in [6.45, 7) is 2.02. The number of anilines is 1. The second-order valence-electron chi connectivity index (χ2n) is 6.73. The van der Waals surface area contributed by atoms with E-state index in [2.05, 4.69) is 44.1 Å². The third-order valence-corrected chi connectivity index (χ3v) is 5.74. The Morgan fingerprint density at radius 2 is 1.90 bits per heavy atom. The summed E-state index contributed by atoms with van der Waals surface area (Å²) in [5.74, 6) is 1.59. The Balaban J connectivity index is 1.46. The molecule has 6 heteroatoms. The summed E-state index contributed by atoms with van der Waals surface area (Å²) in [6, 6.07) is 18.2. The van der Waals surface area contributed by atoms with Gasteiger partial charge in [0, 0.05) is 22.1 Å². The average molecular weight is 398 g/mol. The fourth-order valence-corrected chi connectivity index (χ4v) is 4.28. The number of aromatic nitrogens is 2. The van der Waals surface area contributed by atoms with E-state index in [0.717, 1.165) is 38.2 Å². The van der Waals surface area contributed by atoms with Crippen molar-refractivity contribution >= 4 is 39.7 Å². The lowest BCUT2D eigenvalue weighted by molar-refractivity contribution is 0.260. The number of thiophene rings is 1. The van der Waals surface area contributed by atoms with E-state index in [-0.39, 0.29) is 6.10 Å². The number of nitrogens with one attached hydrogen (secondary N) is 1. The third kappa shape index (κ3) is 3.39. The molecule has 1 N–H and O–H groups in total. The first-order chi connectivity index (χ1) is 14.3. The van der Waals surface area contributed by atoms with E-state index in [9.17, 15) is 0 Å². The Kier molecular flexibility index (Phi) is 4.54. The predicted molar refractivity (Wildman–Crippen MR) is 119 cm³/mol. The lowest BCUT2D eigenvalue weighted by Gasteiger charge is -2.22. The number of nitrogens with zero attached hydrogens (tertiary/aromatic N) is 3. The van der Waals surface area contributed by atoms with Crippen LogP contribution in [-0.2, 0) is 0 Å². The highest BCUT2D eigenvalue weighted by Gasteiger charge is 2.17. The maximum absolute atomic E-state index is 5.97. The van der Waals surface area contributed by atoms with Crippen LogP contribution in [0, 0.1) is 0 Å². The lowest BCUT2D eigenvalue weighted by Crippen LogP contribution is -2.19. The van der Waals surface area contributed by atoms with Crippen LogP contribution in [-0.4, -0.2) is 22.3 Å². The van der Waals surface area contributed by atoms with E-state index in [1.54, 1.807) is 23.9 Å². The van der Waals surface area contributed by atoms with E-state index in [4.69, 9.17) is 4.74 Å². The van der Waals surface area contributed by atoms with Gasteiger partial charge in [-0.3, -0.25) is 5.43 Å². The standard InChI is InChI=1S/C23H18N4OS/c1-15-18(11-17-9-5-6-10-20(17)28-15)12-26-27-22-21-19(16-7-3-2-4-8-16)13-29-23(21)25-14-24-22/h2-15H,1H3,(H,24,25,27)/t15-/m0/s1. The minimum absolute atomic E-state index is 0.0677. The Morgan fingerprint density at radius 3 is 2.79 bits per heavy atom. The largest absolute Gasteiger partial charge is 0.485 e. The number of benzene rings is 2. The summed E-state index contributed by atoms with van der Waals surface area (Å²) in [6.07, 6.45) is 5.39. The van der Waals surface area contributed by atoms with E-state index < -0.39 is 0 Å². The van der Waals surface area contributed by atoms with Gasteiger partial charge in [0.15, 0.2) is 5.82 Å². The second kappa shape index (κ2) is 7.48. The van der Waals surface area contributed by atoms with Gasteiger partial charge in [0.1, 0.15) is 23.0 Å². The van der Waals surface area contributed by atoms with Crippen molar-refractivity contribution in [3.8, 4) is 16.9 Å². The van der Waals surface area contributed by atoms with Crippen molar-refractivity contribution in [3.05, 3.63) is 77.4 Å². The quantitative estimate of drug-likeness (QED) is 0.358. The normalized spacial score (nSPS) is 15.8. The first-order valence-corrected chi connectivity index (χ1v) is 10.2. The van der Waals surface area contributed by atoms with Crippen LogP contribution >= 0.6 is 11.3 Å². The average Bonchev–Trinajstić information content (AvgIpc) is 3.20. The summed E-state index contributed by atoms with van der Waals surface area (Å²) < 4.78 is 5.97. The lowest BCUT2D eigenvalue weighted by atomic mass is 10.0. The Bertz CT molecular complexity index is 1230. The molecule has 4 aromatic rings. The predicted octanol–water partition coefficient (Wildman–Crippen LogP) is 5.62. The fourth-order valence-electron chi connectivity index (χ4n) is 3.36. The fraction of sp³-hybridized carbons (Fsp3) is 0.0870. The van der Waals surface area contributed by atoms with Gasteiger partial charge >= 0.3 is 0 Å². The third-order valence-electron chi connectivity index (χ3n) is 4.85. The molecule has 0 unspecified atom stereocenters.